The molecule has 1 saturated carbocycles. The fourth-order valence-electron chi connectivity index (χ4n) is 2.33. The summed E-state index contributed by atoms with van der Waals surface area (Å²) < 4.78 is 0. The number of H-pyrrole nitrogens is 1. The van der Waals surface area contributed by atoms with E-state index in [0.29, 0.717) is 6.04 Å². The summed E-state index contributed by atoms with van der Waals surface area (Å²) in [5.41, 5.74) is 1.69. The highest BCUT2D eigenvalue weighted by Crippen LogP contribution is 2.21. The predicted molar refractivity (Wildman–Crippen MR) is 65.8 cm³/mol. The molecule has 0 radical (unpaired) electrons. The van der Waals surface area contributed by atoms with E-state index in [9.17, 15) is 5.11 Å². The Balaban J connectivity index is 1.72. The lowest BCUT2D eigenvalue weighted by Gasteiger charge is -2.25. The molecule has 5 nitrogen and oxygen atoms in total. The van der Waals surface area contributed by atoms with Gasteiger partial charge in [-0.05, 0) is 37.8 Å². The van der Waals surface area contributed by atoms with E-state index in [4.69, 9.17) is 0 Å². The lowest BCUT2D eigenvalue weighted by molar-refractivity contribution is 0.126. The first-order chi connectivity index (χ1) is 8.31. The Morgan fingerprint density at radius 2 is 2.12 bits per heavy atom. The van der Waals surface area contributed by atoms with Gasteiger partial charge >= 0.3 is 0 Å². The molecular weight excluding hydrogens is 216 g/mol. The van der Waals surface area contributed by atoms with Gasteiger partial charge in [-0.2, -0.15) is 4.98 Å². The van der Waals surface area contributed by atoms with Crippen LogP contribution in [0.2, 0.25) is 0 Å². The monoisotopic (exact) mass is 232 g/mol. The molecule has 90 valence electrons. The van der Waals surface area contributed by atoms with E-state index in [0.717, 1.165) is 42.8 Å². The van der Waals surface area contributed by atoms with Crippen molar-refractivity contribution < 1.29 is 5.11 Å². The molecule has 0 bridgehead atoms. The highest BCUT2D eigenvalue weighted by Gasteiger charge is 2.19. The molecule has 0 spiro atoms. The van der Waals surface area contributed by atoms with Crippen molar-refractivity contribution in [2.75, 3.05) is 5.32 Å². The van der Waals surface area contributed by atoms with Gasteiger partial charge in [-0.25, -0.2) is 4.98 Å². The Bertz CT molecular complexity index is 469. The number of aromatic nitrogens is 3. The Labute approximate surface area is 99.3 Å². The minimum atomic E-state index is -0.120. The number of aromatic amines is 1. The number of fused-ring (bicyclic) bond motifs is 1. The van der Waals surface area contributed by atoms with E-state index in [1.54, 1.807) is 6.20 Å². The van der Waals surface area contributed by atoms with Gasteiger partial charge in [-0.3, -0.25) is 0 Å². The Hall–Kier alpha value is -1.62. The van der Waals surface area contributed by atoms with Crippen molar-refractivity contribution in [3.8, 4) is 0 Å². The zero-order valence-corrected chi connectivity index (χ0v) is 9.56. The van der Waals surface area contributed by atoms with Gasteiger partial charge in [0, 0.05) is 12.2 Å². The molecule has 0 amide bonds. The van der Waals surface area contributed by atoms with Crippen LogP contribution in [0.15, 0.2) is 18.3 Å². The Morgan fingerprint density at radius 1 is 1.29 bits per heavy atom. The number of aliphatic hydroxyl groups is 1. The van der Waals surface area contributed by atoms with E-state index in [-0.39, 0.29) is 6.10 Å². The number of pyridine rings is 1. The molecule has 0 atom stereocenters. The summed E-state index contributed by atoms with van der Waals surface area (Å²) in [6, 6.07) is 4.26. The summed E-state index contributed by atoms with van der Waals surface area (Å²) in [6.45, 7) is 0. The number of nitrogens with zero attached hydrogens (tertiary/aromatic N) is 2. The zero-order valence-electron chi connectivity index (χ0n) is 9.56. The van der Waals surface area contributed by atoms with Gasteiger partial charge in [-0.15, -0.1) is 0 Å². The third-order valence-electron chi connectivity index (χ3n) is 3.30. The molecule has 17 heavy (non-hydrogen) atoms. The molecule has 0 unspecified atom stereocenters. The van der Waals surface area contributed by atoms with Crippen LogP contribution in [0, 0.1) is 0 Å². The van der Waals surface area contributed by atoms with Crippen LogP contribution in [0.5, 0.6) is 0 Å². The smallest absolute Gasteiger partial charge is 0.202 e. The standard InChI is InChI=1S/C12H16N4O/c17-9-5-3-8(4-6-9)14-12-15-10-2-1-7-13-11(10)16-12/h1-2,7-9,17H,3-6H2,(H2,13,14,15,16). The molecule has 2 heterocycles. The average Bonchev–Trinajstić information content (AvgIpc) is 2.74. The maximum atomic E-state index is 9.45. The molecule has 0 saturated heterocycles. The number of aliphatic hydroxyl groups excluding tert-OH is 1. The Morgan fingerprint density at radius 3 is 2.88 bits per heavy atom. The van der Waals surface area contributed by atoms with Crippen molar-refractivity contribution in [2.24, 2.45) is 0 Å². The average molecular weight is 232 g/mol. The predicted octanol–water partition coefficient (Wildman–Crippen LogP) is 1.67. The zero-order chi connectivity index (χ0) is 11.7. The number of nitrogens with one attached hydrogen (secondary N) is 2. The quantitative estimate of drug-likeness (QED) is 0.736. The second kappa shape index (κ2) is 4.33. The van der Waals surface area contributed by atoms with Gasteiger partial charge in [-0.1, -0.05) is 0 Å². The van der Waals surface area contributed by atoms with Crippen LogP contribution in [0.4, 0.5) is 5.95 Å². The first-order valence-corrected chi connectivity index (χ1v) is 6.06. The maximum Gasteiger partial charge on any atom is 0.202 e. The van der Waals surface area contributed by atoms with Crippen LogP contribution in [-0.2, 0) is 0 Å². The van der Waals surface area contributed by atoms with Gasteiger partial charge in [0.1, 0.15) is 0 Å². The van der Waals surface area contributed by atoms with Crippen molar-refractivity contribution >= 4 is 17.1 Å². The molecule has 1 fully saturated rings. The first-order valence-electron chi connectivity index (χ1n) is 6.06. The first kappa shape index (κ1) is 10.5. The van der Waals surface area contributed by atoms with Crippen molar-refractivity contribution in [3.05, 3.63) is 18.3 Å². The molecular formula is C12H16N4O. The largest absolute Gasteiger partial charge is 0.393 e. The van der Waals surface area contributed by atoms with E-state index < -0.39 is 0 Å². The van der Waals surface area contributed by atoms with E-state index in [1.807, 2.05) is 12.1 Å². The normalized spacial score (nSPS) is 25.0. The van der Waals surface area contributed by atoms with Crippen molar-refractivity contribution in [3.63, 3.8) is 0 Å². The third-order valence-corrected chi connectivity index (χ3v) is 3.30. The maximum absolute atomic E-state index is 9.45. The third kappa shape index (κ3) is 2.24. The molecule has 3 N–H and O–H groups in total. The lowest BCUT2D eigenvalue weighted by atomic mass is 9.93. The van der Waals surface area contributed by atoms with Gasteiger partial charge < -0.3 is 15.4 Å². The summed E-state index contributed by atoms with van der Waals surface area (Å²) in [5, 5.41) is 12.8. The molecule has 2 aromatic rings. The van der Waals surface area contributed by atoms with Crippen LogP contribution < -0.4 is 5.32 Å². The highest BCUT2D eigenvalue weighted by atomic mass is 16.3. The number of hydrogen-bond acceptors (Lipinski definition) is 4. The second-order valence-corrected chi connectivity index (χ2v) is 4.61. The summed E-state index contributed by atoms with van der Waals surface area (Å²) in [5.74, 6) is 0.778. The molecule has 5 heteroatoms. The minimum Gasteiger partial charge on any atom is -0.393 e. The number of anilines is 1. The summed E-state index contributed by atoms with van der Waals surface area (Å²) >= 11 is 0. The number of hydrogen-bond donors (Lipinski definition) is 3. The number of imidazole rings is 1. The summed E-state index contributed by atoms with van der Waals surface area (Å²) in [4.78, 5) is 11.8. The number of rotatable bonds is 2. The van der Waals surface area contributed by atoms with Gasteiger partial charge in [0.05, 0.1) is 11.6 Å². The molecule has 0 aromatic carbocycles. The SMILES string of the molecule is OC1CCC(Nc2nc3ncccc3[nH]2)CC1. The van der Waals surface area contributed by atoms with Crippen molar-refractivity contribution in [1.82, 2.24) is 15.0 Å². The van der Waals surface area contributed by atoms with Crippen molar-refractivity contribution in [2.45, 2.75) is 37.8 Å². The minimum absolute atomic E-state index is 0.120. The summed E-state index contributed by atoms with van der Waals surface area (Å²) in [7, 11) is 0. The van der Waals surface area contributed by atoms with Crippen LogP contribution in [0.25, 0.3) is 11.2 Å². The van der Waals surface area contributed by atoms with E-state index in [2.05, 4.69) is 20.3 Å². The van der Waals surface area contributed by atoms with Crippen molar-refractivity contribution in [1.29, 1.82) is 0 Å². The van der Waals surface area contributed by atoms with E-state index >= 15 is 0 Å². The van der Waals surface area contributed by atoms with Crippen LogP contribution in [0.1, 0.15) is 25.7 Å². The molecule has 1 aliphatic carbocycles. The highest BCUT2D eigenvalue weighted by molar-refractivity contribution is 5.72. The molecule has 1 aliphatic rings. The Kier molecular flexibility index (Phi) is 2.68. The fourth-order valence-corrected chi connectivity index (χ4v) is 2.33. The topological polar surface area (TPSA) is 73.8 Å². The second-order valence-electron chi connectivity index (χ2n) is 4.61. The van der Waals surface area contributed by atoms with E-state index in [1.165, 1.54) is 0 Å². The molecule has 3 rings (SSSR count). The molecule has 2 aromatic heterocycles. The van der Waals surface area contributed by atoms with Gasteiger partial charge in [0.15, 0.2) is 5.65 Å². The molecule has 0 aliphatic heterocycles. The fraction of sp³-hybridized carbons (Fsp3) is 0.500. The van der Waals surface area contributed by atoms with Crippen LogP contribution in [0.3, 0.4) is 0 Å². The lowest BCUT2D eigenvalue weighted by Crippen LogP contribution is -2.28. The van der Waals surface area contributed by atoms with Crippen LogP contribution in [-0.4, -0.2) is 32.2 Å². The summed E-state index contributed by atoms with van der Waals surface area (Å²) in [6.07, 6.45) is 5.35. The van der Waals surface area contributed by atoms with Gasteiger partial charge in [0.25, 0.3) is 0 Å². The van der Waals surface area contributed by atoms with Crippen LogP contribution >= 0.6 is 0 Å². The van der Waals surface area contributed by atoms with Gasteiger partial charge in [0.2, 0.25) is 5.95 Å².